The summed E-state index contributed by atoms with van der Waals surface area (Å²) >= 11 is 0. The smallest absolute Gasteiger partial charge is 0.146 e. The van der Waals surface area contributed by atoms with Gasteiger partial charge in [0.25, 0.3) is 0 Å². The molecule has 1 aromatic heterocycles. The highest BCUT2D eigenvalue weighted by Crippen LogP contribution is 2.38. The SMILES string of the molecule is Cn1c(CN(CCO)C2CCCCC2)nnc1C1CC1. The lowest BCUT2D eigenvalue weighted by Gasteiger charge is -2.33. The van der Waals surface area contributed by atoms with Crippen LogP contribution >= 0.6 is 0 Å². The minimum atomic E-state index is 0.226. The van der Waals surface area contributed by atoms with Gasteiger partial charge in [-0.1, -0.05) is 19.3 Å². The van der Waals surface area contributed by atoms with Crippen molar-refractivity contribution in [2.45, 2.75) is 63.5 Å². The number of aliphatic hydroxyl groups is 1. The standard InChI is InChI=1S/C15H26N4O/c1-18-14(16-17-15(18)12-7-8-12)11-19(9-10-20)13-5-3-2-4-6-13/h12-13,20H,2-11H2,1H3. The zero-order valence-corrected chi connectivity index (χ0v) is 12.5. The van der Waals surface area contributed by atoms with Gasteiger partial charge in [0.15, 0.2) is 0 Å². The zero-order valence-electron chi connectivity index (χ0n) is 12.5. The maximum Gasteiger partial charge on any atom is 0.146 e. The van der Waals surface area contributed by atoms with Crippen molar-refractivity contribution >= 4 is 0 Å². The summed E-state index contributed by atoms with van der Waals surface area (Å²) in [7, 11) is 2.08. The van der Waals surface area contributed by atoms with Crippen LogP contribution in [-0.4, -0.2) is 44.0 Å². The summed E-state index contributed by atoms with van der Waals surface area (Å²) in [6.07, 6.45) is 9.03. The molecular formula is C15H26N4O. The van der Waals surface area contributed by atoms with Crippen molar-refractivity contribution in [3.05, 3.63) is 11.6 Å². The van der Waals surface area contributed by atoms with E-state index >= 15 is 0 Å². The Morgan fingerprint density at radius 1 is 1.15 bits per heavy atom. The first-order valence-corrected chi connectivity index (χ1v) is 8.02. The molecule has 5 nitrogen and oxygen atoms in total. The van der Waals surface area contributed by atoms with Gasteiger partial charge < -0.3 is 9.67 Å². The fourth-order valence-electron chi connectivity index (χ4n) is 3.36. The first-order chi connectivity index (χ1) is 9.79. The van der Waals surface area contributed by atoms with Crippen LogP contribution in [0.4, 0.5) is 0 Å². The summed E-state index contributed by atoms with van der Waals surface area (Å²) in [5.74, 6) is 2.83. The average Bonchev–Trinajstić information content (AvgIpc) is 3.25. The van der Waals surface area contributed by atoms with Crippen LogP contribution in [0.3, 0.4) is 0 Å². The second-order valence-electron chi connectivity index (χ2n) is 6.29. The van der Waals surface area contributed by atoms with Crippen LogP contribution in [-0.2, 0) is 13.6 Å². The van der Waals surface area contributed by atoms with E-state index in [0.717, 1.165) is 24.7 Å². The quantitative estimate of drug-likeness (QED) is 0.862. The Morgan fingerprint density at radius 3 is 2.55 bits per heavy atom. The minimum Gasteiger partial charge on any atom is -0.395 e. The van der Waals surface area contributed by atoms with E-state index in [9.17, 15) is 5.11 Å². The fraction of sp³-hybridized carbons (Fsp3) is 0.867. The highest BCUT2D eigenvalue weighted by molar-refractivity contribution is 5.07. The number of rotatable bonds is 6. The highest BCUT2D eigenvalue weighted by atomic mass is 16.3. The Hall–Kier alpha value is -0.940. The van der Waals surface area contributed by atoms with Gasteiger partial charge in [-0.05, 0) is 25.7 Å². The molecule has 2 aliphatic carbocycles. The molecule has 112 valence electrons. The van der Waals surface area contributed by atoms with Gasteiger partial charge in [0, 0.05) is 25.6 Å². The Labute approximate surface area is 121 Å². The molecule has 2 saturated carbocycles. The van der Waals surface area contributed by atoms with Crippen molar-refractivity contribution in [2.24, 2.45) is 7.05 Å². The second-order valence-corrected chi connectivity index (χ2v) is 6.29. The van der Waals surface area contributed by atoms with E-state index in [0.29, 0.717) is 12.0 Å². The lowest BCUT2D eigenvalue weighted by Crippen LogP contribution is -2.38. The van der Waals surface area contributed by atoms with Gasteiger partial charge >= 0.3 is 0 Å². The largest absolute Gasteiger partial charge is 0.395 e. The molecule has 0 amide bonds. The van der Waals surface area contributed by atoms with Gasteiger partial charge in [-0.2, -0.15) is 0 Å². The van der Waals surface area contributed by atoms with Crippen molar-refractivity contribution in [1.82, 2.24) is 19.7 Å². The van der Waals surface area contributed by atoms with E-state index in [1.165, 1.54) is 44.9 Å². The van der Waals surface area contributed by atoms with Crippen LogP contribution in [0.15, 0.2) is 0 Å². The van der Waals surface area contributed by atoms with Crippen LogP contribution < -0.4 is 0 Å². The molecule has 0 atom stereocenters. The van der Waals surface area contributed by atoms with Crippen LogP contribution in [0.1, 0.15) is 62.5 Å². The Kier molecular flexibility index (Phi) is 4.36. The summed E-state index contributed by atoms with van der Waals surface area (Å²) in [5, 5.41) is 18.1. The first-order valence-electron chi connectivity index (χ1n) is 8.02. The molecule has 3 rings (SSSR count). The van der Waals surface area contributed by atoms with Gasteiger partial charge in [-0.3, -0.25) is 4.90 Å². The fourth-order valence-corrected chi connectivity index (χ4v) is 3.36. The minimum absolute atomic E-state index is 0.226. The maximum atomic E-state index is 9.33. The number of hydrogen-bond acceptors (Lipinski definition) is 4. The second kappa shape index (κ2) is 6.22. The van der Waals surface area contributed by atoms with Gasteiger partial charge in [-0.25, -0.2) is 0 Å². The molecule has 0 spiro atoms. The molecule has 0 bridgehead atoms. The van der Waals surface area contributed by atoms with Crippen LogP contribution in [0.25, 0.3) is 0 Å². The van der Waals surface area contributed by atoms with Crippen molar-refractivity contribution in [3.63, 3.8) is 0 Å². The monoisotopic (exact) mass is 278 g/mol. The molecule has 0 unspecified atom stereocenters. The molecule has 0 saturated heterocycles. The highest BCUT2D eigenvalue weighted by Gasteiger charge is 2.30. The molecular weight excluding hydrogens is 252 g/mol. The first kappa shape index (κ1) is 14.0. The molecule has 2 fully saturated rings. The Morgan fingerprint density at radius 2 is 1.90 bits per heavy atom. The topological polar surface area (TPSA) is 54.2 Å². The Balaban J connectivity index is 1.68. The predicted molar refractivity (Wildman–Crippen MR) is 77.3 cm³/mol. The van der Waals surface area contributed by atoms with E-state index in [1.54, 1.807) is 0 Å². The van der Waals surface area contributed by atoms with E-state index in [1.807, 2.05) is 0 Å². The van der Waals surface area contributed by atoms with Crippen LogP contribution in [0.5, 0.6) is 0 Å². The third kappa shape index (κ3) is 3.04. The number of nitrogens with zero attached hydrogens (tertiary/aromatic N) is 4. The molecule has 2 aliphatic rings. The number of aliphatic hydroxyl groups excluding tert-OH is 1. The average molecular weight is 278 g/mol. The van der Waals surface area contributed by atoms with E-state index in [4.69, 9.17) is 0 Å². The number of hydrogen-bond donors (Lipinski definition) is 1. The van der Waals surface area contributed by atoms with Crippen molar-refractivity contribution in [1.29, 1.82) is 0 Å². The third-order valence-electron chi connectivity index (χ3n) is 4.76. The van der Waals surface area contributed by atoms with Gasteiger partial charge in [0.1, 0.15) is 11.6 Å². The van der Waals surface area contributed by atoms with Crippen LogP contribution in [0.2, 0.25) is 0 Å². The molecule has 20 heavy (non-hydrogen) atoms. The van der Waals surface area contributed by atoms with E-state index < -0.39 is 0 Å². The molecule has 0 aromatic carbocycles. The summed E-state index contributed by atoms with van der Waals surface area (Å²) < 4.78 is 2.17. The molecule has 1 aromatic rings. The van der Waals surface area contributed by atoms with Gasteiger partial charge in [0.05, 0.1) is 13.2 Å². The molecule has 0 aliphatic heterocycles. The van der Waals surface area contributed by atoms with Crippen molar-refractivity contribution in [2.75, 3.05) is 13.2 Å². The van der Waals surface area contributed by atoms with Gasteiger partial charge in [0.2, 0.25) is 0 Å². The lowest BCUT2D eigenvalue weighted by molar-refractivity contribution is 0.113. The van der Waals surface area contributed by atoms with E-state index in [-0.39, 0.29) is 6.61 Å². The van der Waals surface area contributed by atoms with Crippen molar-refractivity contribution in [3.8, 4) is 0 Å². The zero-order chi connectivity index (χ0) is 13.9. The molecule has 1 heterocycles. The maximum absolute atomic E-state index is 9.33. The molecule has 5 heteroatoms. The summed E-state index contributed by atoms with van der Waals surface area (Å²) in [6, 6.07) is 0.608. The summed E-state index contributed by atoms with van der Waals surface area (Å²) in [5.41, 5.74) is 0. The third-order valence-corrected chi connectivity index (χ3v) is 4.76. The molecule has 1 N–H and O–H groups in total. The summed E-state index contributed by atoms with van der Waals surface area (Å²) in [4.78, 5) is 2.40. The van der Waals surface area contributed by atoms with E-state index in [2.05, 4.69) is 26.7 Å². The van der Waals surface area contributed by atoms with Crippen LogP contribution in [0, 0.1) is 0 Å². The van der Waals surface area contributed by atoms with Gasteiger partial charge in [-0.15, -0.1) is 10.2 Å². The Bertz CT molecular complexity index is 435. The molecule has 0 radical (unpaired) electrons. The summed E-state index contributed by atoms with van der Waals surface area (Å²) in [6.45, 7) is 1.79. The normalized spacial score (nSPS) is 20.8. The van der Waals surface area contributed by atoms with Crippen molar-refractivity contribution < 1.29 is 5.11 Å². The lowest BCUT2D eigenvalue weighted by atomic mass is 9.94. The number of aromatic nitrogens is 3. The predicted octanol–water partition coefficient (Wildman–Crippen LogP) is 1.82.